The number of thioether (sulfide) groups is 1. The Balaban J connectivity index is 3.15. The minimum atomic E-state index is 0.327. The van der Waals surface area contributed by atoms with Crippen molar-refractivity contribution in [2.24, 2.45) is 0 Å². The molecule has 0 aromatic rings. The maximum Gasteiger partial charge on any atom is 0.0438 e. The first-order valence-corrected chi connectivity index (χ1v) is 6.92. The summed E-state index contributed by atoms with van der Waals surface area (Å²) in [5.41, 5.74) is 0. The lowest BCUT2D eigenvalue weighted by Crippen LogP contribution is -2.30. The van der Waals surface area contributed by atoms with Crippen LogP contribution in [0.2, 0.25) is 0 Å². The normalized spacial score (nSPS) is 13.1. The van der Waals surface area contributed by atoms with Gasteiger partial charge in [-0.1, -0.05) is 20.3 Å². The molecule has 0 radical (unpaired) electrons. The fraction of sp³-hybridized carbons (Fsp3) is 1.00. The largest absolute Gasteiger partial charge is 0.396 e. The summed E-state index contributed by atoms with van der Waals surface area (Å²) in [7, 11) is 0. The van der Waals surface area contributed by atoms with Crippen molar-refractivity contribution in [3.63, 3.8) is 0 Å². The minimum absolute atomic E-state index is 0.327. The molecule has 0 fully saturated rings. The van der Waals surface area contributed by atoms with E-state index in [2.05, 4.69) is 19.2 Å². The van der Waals surface area contributed by atoms with Crippen molar-refractivity contribution in [1.82, 2.24) is 5.32 Å². The minimum Gasteiger partial charge on any atom is -0.396 e. The Labute approximate surface area is 92.9 Å². The monoisotopic (exact) mass is 219 g/mol. The first-order valence-electron chi connectivity index (χ1n) is 5.77. The summed E-state index contributed by atoms with van der Waals surface area (Å²) in [6.07, 6.45) is 4.72. The van der Waals surface area contributed by atoms with E-state index in [0.29, 0.717) is 12.6 Å². The van der Waals surface area contributed by atoms with Crippen molar-refractivity contribution in [3.8, 4) is 0 Å². The maximum atomic E-state index is 8.59. The molecule has 0 aromatic heterocycles. The third-order valence-corrected chi connectivity index (χ3v) is 3.33. The van der Waals surface area contributed by atoms with Crippen molar-refractivity contribution < 1.29 is 5.11 Å². The van der Waals surface area contributed by atoms with Crippen LogP contribution in [-0.2, 0) is 0 Å². The van der Waals surface area contributed by atoms with E-state index in [9.17, 15) is 0 Å². The van der Waals surface area contributed by atoms with Crippen LogP contribution in [0.15, 0.2) is 0 Å². The number of nitrogens with one attached hydrogen (secondary N) is 1. The molecular weight excluding hydrogens is 194 g/mol. The second kappa shape index (κ2) is 11.3. The average Bonchev–Trinajstić information content (AvgIpc) is 2.21. The molecule has 14 heavy (non-hydrogen) atoms. The third-order valence-electron chi connectivity index (χ3n) is 2.26. The molecule has 0 spiro atoms. The molecule has 1 unspecified atom stereocenters. The van der Waals surface area contributed by atoms with Gasteiger partial charge in [-0.3, -0.25) is 0 Å². The van der Waals surface area contributed by atoms with Gasteiger partial charge in [0.05, 0.1) is 0 Å². The Hall–Kier alpha value is 0.270. The molecule has 0 aliphatic rings. The summed E-state index contributed by atoms with van der Waals surface area (Å²) in [6.45, 7) is 5.91. The maximum absolute atomic E-state index is 8.59. The molecular formula is C11H25NOS. The second-order valence-electron chi connectivity index (χ2n) is 3.54. The van der Waals surface area contributed by atoms with Crippen LogP contribution in [0.25, 0.3) is 0 Å². The lowest BCUT2D eigenvalue weighted by molar-refractivity contribution is 0.296. The van der Waals surface area contributed by atoms with Crippen LogP contribution in [0.5, 0.6) is 0 Å². The third kappa shape index (κ3) is 8.85. The van der Waals surface area contributed by atoms with Crippen LogP contribution >= 0.6 is 11.8 Å². The zero-order valence-electron chi connectivity index (χ0n) is 9.59. The number of aliphatic hydroxyl groups excluding tert-OH is 1. The average molecular weight is 219 g/mol. The zero-order valence-corrected chi connectivity index (χ0v) is 10.4. The van der Waals surface area contributed by atoms with E-state index in [1.54, 1.807) is 0 Å². The zero-order chi connectivity index (χ0) is 10.6. The van der Waals surface area contributed by atoms with E-state index in [0.717, 1.165) is 18.7 Å². The predicted octanol–water partition coefficient (Wildman–Crippen LogP) is 2.27. The molecule has 0 aliphatic heterocycles. The van der Waals surface area contributed by atoms with Crippen LogP contribution < -0.4 is 5.32 Å². The van der Waals surface area contributed by atoms with Crippen molar-refractivity contribution in [2.45, 2.75) is 45.6 Å². The highest BCUT2D eigenvalue weighted by atomic mass is 32.2. The van der Waals surface area contributed by atoms with Crippen molar-refractivity contribution in [3.05, 3.63) is 0 Å². The Kier molecular flexibility index (Phi) is 11.6. The van der Waals surface area contributed by atoms with Crippen molar-refractivity contribution in [1.29, 1.82) is 0 Å². The predicted molar refractivity (Wildman–Crippen MR) is 66.0 cm³/mol. The quantitative estimate of drug-likeness (QED) is 0.553. The molecule has 0 amide bonds. The van der Waals surface area contributed by atoms with Crippen LogP contribution in [0.4, 0.5) is 0 Å². The number of hydrogen-bond acceptors (Lipinski definition) is 3. The van der Waals surface area contributed by atoms with Gasteiger partial charge in [0.2, 0.25) is 0 Å². The van der Waals surface area contributed by atoms with Gasteiger partial charge in [-0.15, -0.1) is 0 Å². The van der Waals surface area contributed by atoms with E-state index in [1.807, 2.05) is 11.8 Å². The second-order valence-corrected chi connectivity index (χ2v) is 4.76. The first kappa shape index (κ1) is 14.3. The Bertz CT molecular complexity index is 111. The summed E-state index contributed by atoms with van der Waals surface area (Å²) >= 11 is 1.93. The van der Waals surface area contributed by atoms with Crippen molar-refractivity contribution >= 4 is 11.8 Å². The fourth-order valence-corrected chi connectivity index (χ4v) is 2.20. The summed E-state index contributed by atoms with van der Waals surface area (Å²) in [5.74, 6) is 2.25. The molecule has 0 aromatic carbocycles. The van der Waals surface area contributed by atoms with Gasteiger partial charge in [0.1, 0.15) is 0 Å². The summed E-state index contributed by atoms with van der Waals surface area (Å²) < 4.78 is 0. The molecule has 0 rings (SSSR count). The summed E-state index contributed by atoms with van der Waals surface area (Å²) in [4.78, 5) is 0. The summed E-state index contributed by atoms with van der Waals surface area (Å²) in [5, 5.41) is 12.2. The Morgan fingerprint density at radius 3 is 2.64 bits per heavy atom. The van der Waals surface area contributed by atoms with E-state index in [4.69, 9.17) is 5.11 Å². The van der Waals surface area contributed by atoms with Crippen LogP contribution in [0.3, 0.4) is 0 Å². The molecule has 3 heteroatoms. The Morgan fingerprint density at radius 2 is 2.07 bits per heavy atom. The standard InChI is InChI=1S/C11H25NOS/c1-3-6-11(4-2)12-7-10-14-9-5-8-13/h11-13H,3-10H2,1-2H3. The van der Waals surface area contributed by atoms with E-state index in [-0.39, 0.29) is 0 Å². The molecule has 0 bridgehead atoms. The molecule has 0 saturated heterocycles. The highest BCUT2D eigenvalue weighted by Crippen LogP contribution is 2.03. The summed E-state index contributed by atoms with van der Waals surface area (Å²) in [6, 6.07) is 0.707. The van der Waals surface area contributed by atoms with Crippen LogP contribution in [0, 0.1) is 0 Å². The molecule has 1 atom stereocenters. The number of aliphatic hydroxyl groups is 1. The van der Waals surface area contributed by atoms with Crippen LogP contribution in [0.1, 0.15) is 39.5 Å². The van der Waals surface area contributed by atoms with Gasteiger partial charge in [-0.2, -0.15) is 11.8 Å². The van der Waals surface area contributed by atoms with E-state index >= 15 is 0 Å². The van der Waals surface area contributed by atoms with Gasteiger partial charge in [-0.25, -0.2) is 0 Å². The highest BCUT2D eigenvalue weighted by molar-refractivity contribution is 7.99. The molecule has 86 valence electrons. The van der Waals surface area contributed by atoms with Gasteiger partial charge in [0.15, 0.2) is 0 Å². The lowest BCUT2D eigenvalue weighted by Gasteiger charge is -2.15. The van der Waals surface area contributed by atoms with Crippen molar-refractivity contribution in [2.75, 3.05) is 24.7 Å². The van der Waals surface area contributed by atoms with Crippen LogP contribution in [-0.4, -0.2) is 35.8 Å². The lowest BCUT2D eigenvalue weighted by atomic mass is 10.1. The van der Waals surface area contributed by atoms with Gasteiger partial charge < -0.3 is 10.4 Å². The Morgan fingerprint density at radius 1 is 1.29 bits per heavy atom. The van der Waals surface area contributed by atoms with E-state index < -0.39 is 0 Å². The molecule has 0 aliphatic carbocycles. The first-order chi connectivity index (χ1) is 6.85. The topological polar surface area (TPSA) is 32.3 Å². The smallest absolute Gasteiger partial charge is 0.0438 e. The molecule has 0 heterocycles. The number of hydrogen-bond donors (Lipinski definition) is 2. The highest BCUT2D eigenvalue weighted by Gasteiger charge is 2.02. The fourth-order valence-electron chi connectivity index (χ4n) is 1.40. The van der Waals surface area contributed by atoms with E-state index in [1.165, 1.54) is 25.0 Å². The molecule has 2 N–H and O–H groups in total. The van der Waals surface area contributed by atoms with Gasteiger partial charge in [0, 0.05) is 24.9 Å². The van der Waals surface area contributed by atoms with Gasteiger partial charge >= 0.3 is 0 Å². The molecule has 2 nitrogen and oxygen atoms in total. The number of rotatable bonds is 10. The van der Waals surface area contributed by atoms with Gasteiger partial charge in [-0.05, 0) is 25.0 Å². The SMILES string of the molecule is CCCC(CC)NCCSCCCO. The van der Waals surface area contributed by atoms with Gasteiger partial charge in [0.25, 0.3) is 0 Å². The molecule has 0 saturated carbocycles.